The van der Waals surface area contributed by atoms with Crippen molar-refractivity contribution in [1.29, 1.82) is 0 Å². The molecule has 0 spiro atoms. The summed E-state index contributed by atoms with van der Waals surface area (Å²) in [6.07, 6.45) is 2.53. The molecule has 0 unspecified atom stereocenters. The maximum atomic E-state index is 12.8. The van der Waals surface area contributed by atoms with Crippen LogP contribution in [0, 0.1) is 5.41 Å². The van der Waals surface area contributed by atoms with E-state index in [4.69, 9.17) is 5.11 Å². The van der Waals surface area contributed by atoms with Gasteiger partial charge in [-0.3, -0.25) is 9.59 Å². The number of nitrogens with zero attached hydrogens (tertiary/aromatic N) is 1. The number of piperidine rings is 1. The van der Waals surface area contributed by atoms with Crippen molar-refractivity contribution in [3.05, 3.63) is 0 Å². The lowest BCUT2D eigenvalue weighted by Crippen LogP contribution is -2.51. The summed E-state index contributed by atoms with van der Waals surface area (Å²) in [5, 5.41) is 12.1. The fraction of sp³-hybridized carbons (Fsp3) is 0.857. The zero-order chi connectivity index (χ0) is 14.5. The van der Waals surface area contributed by atoms with E-state index < -0.39 is 5.97 Å². The van der Waals surface area contributed by atoms with E-state index in [1.165, 1.54) is 0 Å². The van der Waals surface area contributed by atoms with Gasteiger partial charge in [0.25, 0.3) is 0 Å². The molecule has 1 aliphatic heterocycles. The number of hydrogen-bond donors (Lipinski definition) is 2. The number of aliphatic carboxylic acids is 1. The molecule has 1 amide bonds. The lowest BCUT2D eigenvalue weighted by molar-refractivity contribution is -0.147. The van der Waals surface area contributed by atoms with Crippen LogP contribution in [0.15, 0.2) is 0 Å². The van der Waals surface area contributed by atoms with Crippen molar-refractivity contribution in [1.82, 2.24) is 10.2 Å². The Kier molecular flexibility index (Phi) is 5.79. The first kappa shape index (κ1) is 16.0. The minimum atomic E-state index is -0.852. The van der Waals surface area contributed by atoms with Crippen LogP contribution in [0.25, 0.3) is 0 Å². The van der Waals surface area contributed by atoms with E-state index in [1.807, 2.05) is 13.8 Å². The Hall–Kier alpha value is -1.10. The molecule has 0 radical (unpaired) electrons. The molecule has 0 bridgehead atoms. The second-order valence-electron chi connectivity index (χ2n) is 5.62. The quantitative estimate of drug-likeness (QED) is 0.767. The molecule has 110 valence electrons. The minimum Gasteiger partial charge on any atom is -0.481 e. The molecule has 1 rings (SSSR count). The van der Waals surface area contributed by atoms with Gasteiger partial charge in [-0.2, -0.15) is 0 Å². The highest BCUT2D eigenvalue weighted by Gasteiger charge is 2.41. The van der Waals surface area contributed by atoms with Gasteiger partial charge in [0.2, 0.25) is 5.91 Å². The van der Waals surface area contributed by atoms with Crippen LogP contribution in [0.3, 0.4) is 0 Å². The van der Waals surface area contributed by atoms with Crippen LogP contribution in [0.4, 0.5) is 0 Å². The molecule has 1 fully saturated rings. The average Bonchev–Trinajstić information content (AvgIpc) is 2.38. The zero-order valence-electron chi connectivity index (χ0n) is 12.2. The molecule has 2 N–H and O–H groups in total. The van der Waals surface area contributed by atoms with Crippen molar-refractivity contribution in [3.8, 4) is 0 Å². The monoisotopic (exact) mass is 270 g/mol. The smallest absolute Gasteiger partial charge is 0.305 e. The van der Waals surface area contributed by atoms with Crippen molar-refractivity contribution < 1.29 is 14.7 Å². The normalized spacial score (nSPS) is 18.3. The molecule has 19 heavy (non-hydrogen) atoms. The first-order chi connectivity index (χ1) is 8.93. The van der Waals surface area contributed by atoms with Gasteiger partial charge in [-0.05, 0) is 46.2 Å². The number of carbonyl (C=O) groups is 2. The van der Waals surface area contributed by atoms with Crippen LogP contribution < -0.4 is 5.32 Å². The van der Waals surface area contributed by atoms with E-state index in [2.05, 4.69) is 12.2 Å². The molecular formula is C14H26N2O3. The lowest BCUT2D eigenvalue weighted by Gasteiger charge is -2.41. The maximum absolute atomic E-state index is 12.8. The standard InChI is InChI=1S/C14H26N2O3/c1-4-14(6-8-15-9-7-14)13(19)16(11(2)3)10-5-12(17)18/h11,15H,4-10H2,1-3H3,(H,17,18). The molecule has 5 nitrogen and oxygen atoms in total. The number of carbonyl (C=O) groups excluding carboxylic acids is 1. The Morgan fingerprint density at radius 3 is 2.32 bits per heavy atom. The number of carboxylic acid groups (broad SMARTS) is 1. The third-order valence-electron chi connectivity index (χ3n) is 4.14. The predicted octanol–water partition coefficient (Wildman–Crippen LogP) is 1.48. The third kappa shape index (κ3) is 3.93. The Morgan fingerprint density at radius 2 is 1.89 bits per heavy atom. The van der Waals surface area contributed by atoms with Gasteiger partial charge in [-0.1, -0.05) is 6.92 Å². The lowest BCUT2D eigenvalue weighted by atomic mass is 9.75. The van der Waals surface area contributed by atoms with Crippen molar-refractivity contribution in [2.75, 3.05) is 19.6 Å². The summed E-state index contributed by atoms with van der Waals surface area (Å²) in [6.45, 7) is 7.99. The third-order valence-corrected chi connectivity index (χ3v) is 4.14. The molecule has 1 saturated heterocycles. The number of rotatable bonds is 6. The topological polar surface area (TPSA) is 69.6 Å². The van der Waals surface area contributed by atoms with Crippen LogP contribution in [0.1, 0.15) is 46.5 Å². The van der Waals surface area contributed by atoms with Crippen molar-refractivity contribution in [2.45, 2.75) is 52.5 Å². The molecule has 0 aromatic heterocycles. The first-order valence-electron chi connectivity index (χ1n) is 7.16. The molecule has 0 aromatic carbocycles. The summed E-state index contributed by atoms with van der Waals surface area (Å²) in [6, 6.07) is 0.0464. The fourth-order valence-electron chi connectivity index (χ4n) is 2.74. The van der Waals surface area contributed by atoms with Crippen LogP contribution in [-0.4, -0.2) is 47.6 Å². The Balaban J connectivity index is 2.81. The molecule has 5 heteroatoms. The van der Waals surface area contributed by atoms with Crippen molar-refractivity contribution in [3.63, 3.8) is 0 Å². The zero-order valence-corrected chi connectivity index (χ0v) is 12.2. The highest BCUT2D eigenvalue weighted by atomic mass is 16.4. The number of amides is 1. The second kappa shape index (κ2) is 6.89. The van der Waals surface area contributed by atoms with E-state index in [0.717, 1.165) is 32.4 Å². The van der Waals surface area contributed by atoms with E-state index in [1.54, 1.807) is 4.90 Å². The van der Waals surface area contributed by atoms with Gasteiger partial charge in [0.1, 0.15) is 0 Å². The van der Waals surface area contributed by atoms with Gasteiger partial charge in [0.15, 0.2) is 0 Å². The van der Waals surface area contributed by atoms with Crippen LogP contribution in [0.5, 0.6) is 0 Å². The summed E-state index contributed by atoms with van der Waals surface area (Å²) in [5.41, 5.74) is -0.298. The number of carboxylic acids is 1. The maximum Gasteiger partial charge on any atom is 0.305 e. The molecule has 0 aliphatic carbocycles. The van der Waals surface area contributed by atoms with Crippen LogP contribution in [-0.2, 0) is 9.59 Å². The van der Waals surface area contributed by atoms with Gasteiger partial charge >= 0.3 is 5.97 Å². The van der Waals surface area contributed by atoms with Gasteiger partial charge in [-0.15, -0.1) is 0 Å². The molecule has 0 saturated carbocycles. The molecule has 1 heterocycles. The Labute approximate surface area is 115 Å². The molecule has 0 aromatic rings. The summed E-state index contributed by atoms with van der Waals surface area (Å²) in [7, 11) is 0. The Bertz CT molecular complexity index is 323. The average molecular weight is 270 g/mol. The molecule has 1 aliphatic rings. The highest BCUT2D eigenvalue weighted by Crippen LogP contribution is 2.35. The number of hydrogen-bond acceptors (Lipinski definition) is 3. The SMILES string of the molecule is CCC1(C(=O)N(CCC(=O)O)C(C)C)CCNCC1. The van der Waals surface area contributed by atoms with E-state index in [-0.39, 0.29) is 23.8 Å². The predicted molar refractivity (Wildman–Crippen MR) is 73.9 cm³/mol. The summed E-state index contributed by atoms with van der Waals surface area (Å²) in [4.78, 5) is 25.3. The summed E-state index contributed by atoms with van der Waals surface area (Å²) < 4.78 is 0. The summed E-state index contributed by atoms with van der Waals surface area (Å²) in [5.74, 6) is -0.720. The number of nitrogens with one attached hydrogen (secondary N) is 1. The van der Waals surface area contributed by atoms with E-state index >= 15 is 0 Å². The van der Waals surface area contributed by atoms with E-state index in [0.29, 0.717) is 6.54 Å². The van der Waals surface area contributed by atoms with Crippen molar-refractivity contribution in [2.24, 2.45) is 5.41 Å². The fourth-order valence-corrected chi connectivity index (χ4v) is 2.74. The highest BCUT2D eigenvalue weighted by molar-refractivity contribution is 5.83. The van der Waals surface area contributed by atoms with Gasteiger partial charge < -0.3 is 15.3 Å². The molecule has 0 atom stereocenters. The Morgan fingerprint density at radius 1 is 1.32 bits per heavy atom. The van der Waals surface area contributed by atoms with E-state index in [9.17, 15) is 9.59 Å². The summed E-state index contributed by atoms with van der Waals surface area (Å²) >= 11 is 0. The first-order valence-corrected chi connectivity index (χ1v) is 7.16. The minimum absolute atomic E-state index is 0.0158. The molecular weight excluding hydrogens is 244 g/mol. The van der Waals surface area contributed by atoms with Crippen LogP contribution in [0.2, 0.25) is 0 Å². The van der Waals surface area contributed by atoms with Gasteiger partial charge in [0, 0.05) is 12.6 Å². The van der Waals surface area contributed by atoms with Gasteiger partial charge in [-0.25, -0.2) is 0 Å². The van der Waals surface area contributed by atoms with Crippen molar-refractivity contribution >= 4 is 11.9 Å². The van der Waals surface area contributed by atoms with Crippen LogP contribution >= 0.6 is 0 Å². The largest absolute Gasteiger partial charge is 0.481 e. The van der Waals surface area contributed by atoms with Gasteiger partial charge in [0.05, 0.1) is 11.8 Å². The second-order valence-corrected chi connectivity index (χ2v) is 5.62.